The molecular weight excluding hydrogens is 255 g/mol. The van der Waals surface area contributed by atoms with Gasteiger partial charge >= 0.3 is 0 Å². The standard InChI is InChI=1S/C16H23FN2O/c1-13(2)19-11-9-18(10-12-19)8-7-16(20)14-3-5-15(17)6-4-14/h3-6,13H,7-12H2,1-2H3. The first-order valence-corrected chi connectivity index (χ1v) is 7.31. The normalized spacial score (nSPS) is 17.6. The van der Waals surface area contributed by atoms with Crippen LogP contribution in [0.15, 0.2) is 24.3 Å². The van der Waals surface area contributed by atoms with Gasteiger partial charge in [-0.15, -0.1) is 0 Å². The molecule has 1 aliphatic rings. The number of halogens is 1. The highest BCUT2D eigenvalue weighted by Gasteiger charge is 2.19. The fourth-order valence-corrected chi connectivity index (χ4v) is 2.54. The van der Waals surface area contributed by atoms with Crippen LogP contribution >= 0.6 is 0 Å². The third-order valence-electron chi connectivity index (χ3n) is 3.96. The Kier molecular flexibility index (Phi) is 5.26. The van der Waals surface area contributed by atoms with E-state index < -0.39 is 0 Å². The van der Waals surface area contributed by atoms with Crippen molar-refractivity contribution in [3.63, 3.8) is 0 Å². The molecule has 110 valence electrons. The monoisotopic (exact) mass is 278 g/mol. The van der Waals surface area contributed by atoms with Gasteiger partial charge in [0.25, 0.3) is 0 Å². The predicted octanol–water partition coefficient (Wildman–Crippen LogP) is 2.42. The smallest absolute Gasteiger partial charge is 0.164 e. The van der Waals surface area contributed by atoms with Crippen molar-refractivity contribution in [3.05, 3.63) is 35.6 Å². The van der Waals surface area contributed by atoms with Crippen LogP contribution in [0.1, 0.15) is 30.6 Å². The number of piperazine rings is 1. The first-order chi connectivity index (χ1) is 9.56. The van der Waals surface area contributed by atoms with Gasteiger partial charge in [0, 0.05) is 50.7 Å². The van der Waals surface area contributed by atoms with Crippen molar-refractivity contribution >= 4 is 5.78 Å². The van der Waals surface area contributed by atoms with Crippen molar-refractivity contribution in [1.29, 1.82) is 0 Å². The molecule has 2 rings (SSSR count). The molecule has 20 heavy (non-hydrogen) atoms. The molecule has 0 saturated carbocycles. The molecule has 0 atom stereocenters. The van der Waals surface area contributed by atoms with E-state index >= 15 is 0 Å². The van der Waals surface area contributed by atoms with Crippen LogP contribution in [0.5, 0.6) is 0 Å². The maximum Gasteiger partial charge on any atom is 0.164 e. The lowest BCUT2D eigenvalue weighted by Gasteiger charge is -2.36. The van der Waals surface area contributed by atoms with Crippen molar-refractivity contribution < 1.29 is 9.18 Å². The average Bonchev–Trinajstić information content (AvgIpc) is 2.46. The maximum absolute atomic E-state index is 12.8. The Labute approximate surface area is 120 Å². The molecule has 0 aromatic heterocycles. The quantitative estimate of drug-likeness (QED) is 0.773. The van der Waals surface area contributed by atoms with Crippen molar-refractivity contribution in [2.75, 3.05) is 32.7 Å². The Balaban J connectivity index is 1.76. The summed E-state index contributed by atoms with van der Waals surface area (Å²) in [6.07, 6.45) is 0.507. The third kappa shape index (κ3) is 4.12. The number of Topliss-reactive ketones (excluding diaryl/α,β-unsaturated/α-hetero) is 1. The highest BCUT2D eigenvalue weighted by molar-refractivity contribution is 5.96. The minimum atomic E-state index is -0.300. The minimum absolute atomic E-state index is 0.0938. The molecule has 0 spiro atoms. The Hall–Kier alpha value is -1.26. The Morgan fingerprint density at radius 2 is 1.75 bits per heavy atom. The molecular formula is C16H23FN2O. The number of hydrogen-bond acceptors (Lipinski definition) is 3. The SMILES string of the molecule is CC(C)N1CCN(CCC(=O)c2ccc(F)cc2)CC1. The molecule has 0 unspecified atom stereocenters. The van der Waals surface area contributed by atoms with Gasteiger partial charge in [0.15, 0.2) is 5.78 Å². The third-order valence-corrected chi connectivity index (χ3v) is 3.96. The van der Waals surface area contributed by atoms with E-state index in [-0.39, 0.29) is 11.6 Å². The highest BCUT2D eigenvalue weighted by Crippen LogP contribution is 2.09. The van der Waals surface area contributed by atoms with Gasteiger partial charge < -0.3 is 4.90 Å². The van der Waals surface area contributed by atoms with E-state index in [1.165, 1.54) is 12.1 Å². The van der Waals surface area contributed by atoms with E-state index in [9.17, 15) is 9.18 Å². The molecule has 3 nitrogen and oxygen atoms in total. The van der Waals surface area contributed by atoms with Crippen LogP contribution in [0, 0.1) is 5.82 Å². The van der Waals surface area contributed by atoms with E-state index in [1.807, 2.05) is 0 Å². The molecule has 0 N–H and O–H groups in total. The van der Waals surface area contributed by atoms with Gasteiger partial charge in [-0.25, -0.2) is 4.39 Å². The molecule has 4 heteroatoms. The molecule has 1 aliphatic heterocycles. The lowest BCUT2D eigenvalue weighted by Crippen LogP contribution is -2.49. The summed E-state index contributed by atoms with van der Waals surface area (Å²) in [6.45, 7) is 9.41. The summed E-state index contributed by atoms with van der Waals surface area (Å²) in [4.78, 5) is 16.8. The van der Waals surface area contributed by atoms with Crippen LogP contribution in [0.3, 0.4) is 0 Å². The van der Waals surface area contributed by atoms with Crippen LogP contribution in [0.2, 0.25) is 0 Å². The summed E-state index contributed by atoms with van der Waals surface area (Å²) in [6, 6.07) is 6.41. The number of hydrogen-bond donors (Lipinski definition) is 0. The van der Waals surface area contributed by atoms with E-state index in [0.717, 1.165) is 32.7 Å². The fraction of sp³-hybridized carbons (Fsp3) is 0.562. The molecule has 1 aromatic rings. The lowest BCUT2D eigenvalue weighted by atomic mass is 10.1. The van der Waals surface area contributed by atoms with Crippen molar-refractivity contribution in [2.45, 2.75) is 26.3 Å². The lowest BCUT2D eigenvalue weighted by molar-refractivity contribution is 0.0890. The zero-order valence-corrected chi connectivity index (χ0v) is 12.3. The van der Waals surface area contributed by atoms with Gasteiger partial charge in [0.05, 0.1) is 0 Å². The van der Waals surface area contributed by atoms with E-state index in [1.54, 1.807) is 12.1 Å². The molecule has 1 fully saturated rings. The van der Waals surface area contributed by atoms with Crippen LogP contribution in [0.25, 0.3) is 0 Å². The number of carbonyl (C=O) groups is 1. The Morgan fingerprint density at radius 3 is 2.30 bits per heavy atom. The minimum Gasteiger partial charge on any atom is -0.300 e. The number of ketones is 1. The van der Waals surface area contributed by atoms with Gasteiger partial charge in [-0.05, 0) is 38.1 Å². The summed E-state index contributed by atoms with van der Waals surface area (Å²) < 4.78 is 12.8. The maximum atomic E-state index is 12.8. The number of benzene rings is 1. The number of rotatable bonds is 5. The zero-order chi connectivity index (χ0) is 14.5. The van der Waals surface area contributed by atoms with Gasteiger partial charge in [-0.3, -0.25) is 9.69 Å². The second kappa shape index (κ2) is 6.95. The van der Waals surface area contributed by atoms with Gasteiger partial charge in [-0.2, -0.15) is 0 Å². The van der Waals surface area contributed by atoms with Crippen molar-refractivity contribution in [2.24, 2.45) is 0 Å². The second-order valence-corrected chi connectivity index (χ2v) is 5.65. The predicted molar refractivity (Wildman–Crippen MR) is 78.5 cm³/mol. The molecule has 0 aliphatic carbocycles. The van der Waals surface area contributed by atoms with Crippen molar-refractivity contribution in [3.8, 4) is 0 Å². The van der Waals surface area contributed by atoms with Crippen LogP contribution in [-0.2, 0) is 0 Å². The molecule has 0 amide bonds. The summed E-state index contributed by atoms with van der Waals surface area (Å²) in [7, 11) is 0. The number of nitrogens with zero attached hydrogens (tertiary/aromatic N) is 2. The van der Waals surface area contributed by atoms with Crippen molar-refractivity contribution in [1.82, 2.24) is 9.80 Å². The molecule has 1 heterocycles. The van der Waals surface area contributed by atoms with E-state index in [2.05, 4.69) is 23.6 Å². The second-order valence-electron chi connectivity index (χ2n) is 5.65. The van der Waals surface area contributed by atoms with Gasteiger partial charge in [-0.1, -0.05) is 0 Å². The zero-order valence-electron chi connectivity index (χ0n) is 12.3. The molecule has 1 saturated heterocycles. The molecule has 0 bridgehead atoms. The van der Waals surface area contributed by atoms with Crippen LogP contribution < -0.4 is 0 Å². The van der Waals surface area contributed by atoms with E-state index in [4.69, 9.17) is 0 Å². The Morgan fingerprint density at radius 1 is 1.15 bits per heavy atom. The summed E-state index contributed by atoms with van der Waals surface area (Å²) in [5.41, 5.74) is 0.604. The van der Waals surface area contributed by atoms with Crippen LogP contribution in [-0.4, -0.2) is 54.3 Å². The Bertz CT molecular complexity index is 436. The topological polar surface area (TPSA) is 23.6 Å². The largest absolute Gasteiger partial charge is 0.300 e. The van der Waals surface area contributed by atoms with E-state index in [0.29, 0.717) is 18.0 Å². The van der Waals surface area contributed by atoms with Gasteiger partial charge in [0.1, 0.15) is 5.82 Å². The summed E-state index contributed by atoms with van der Waals surface area (Å²) in [5.74, 6) is -0.206. The van der Waals surface area contributed by atoms with Crippen LogP contribution in [0.4, 0.5) is 4.39 Å². The first-order valence-electron chi connectivity index (χ1n) is 7.31. The summed E-state index contributed by atoms with van der Waals surface area (Å²) in [5, 5.41) is 0. The number of carbonyl (C=O) groups excluding carboxylic acids is 1. The van der Waals surface area contributed by atoms with Gasteiger partial charge in [0.2, 0.25) is 0 Å². The first kappa shape index (κ1) is 15.1. The molecule has 0 radical (unpaired) electrons. The highest BCUT2D eigenvalue weighted by atomic mass is 19.1. The summed E-state index contributed by atoms with van der Waals surface area (Å²) >= 11 is 0. The molecule has 1 aromatic carbocycles. The average molecular weight is 278 g/mol. The fourth-order valence-electron chi connectivity index (χ4n) is 2.54.